The van der Waals surface area contributed by atoms with Gasteiger partial charge in [0.2, 0.25) is 0 Å². The van der Waals surface area contributed by atoms with Gasteiger partial charge in [-0.3, -0.25) is 0 Å². The number of rotatable bonds is 5. The summed E-state index contributed by atoms with van der Waals surface area (Å²) >= 11 is 0. The summed E-state index contributed by atoms with van der Waals surface area (Å²) in [6.45, 7) is 4.02. The fourth-order valence-corrected chi connectivity index (χ4v) is 1.29. The molecule has 0 aromatic rings. The predicted octanol–water partition coefficient (Wildman–Crippen LogP) is 2.96. The molecule has 1 unspecified atom stereocenters. The molecule has 0 saturated carbocycles. The van der Waals surface area contributed by atoms with E-state index in [-0.39, 0.29) is 12.5 Å². The Bertz CT molecular complexity index is 131. The zero-order chi connectivity index (χ0) is 10.5. The van der Waals surface area contributed by atoms with Crippen molar-refractivity contribution in [3.63, 3.8) is 0 Å². The van der Waals surface area contributed by atoms with E-state index in [4.69, 9.17) is 0 Å². The average Bonchev–Trinajstić information content (AvgIpc) is 1.95. The second-order valence-corrected chi connectivity index (χ2v) is 3.77. The molecule has 0 radical (unpaired) electrons. The van der Waals surface area contributed by atoms with Crippen molar-refractivity contribution < 1.29 is 13.2 Å². The van der Waals surface area contributed by atoms with Crippen molar-refractivity contribution in [1.29, 1.82) is 0 Å². The quantitative estimate of drug-likeness (QED) is 0.714. The van der Waals surface area contributed by atoms with Gasteiger partial charge in [-0.2, -0.15) is 13.2 Å². The SMILES string of the molecule is CNC(CCC(F)(F)F)CC(C)C. The molecule has 0 aromatic carbocycles. The van der Waals surface area contributed by atoms with E-state index in [0.717, 1.165) is 6.42 Å². The van der Waals surface area contributed by atoms with Crippen LogP contribution in [-0.4, -0.2) is 19.3 Å². The number of hydrogen-bond donors (Lipinski definition) is 1. The fourth-order valence-electron chi connectivity index (χ4n) is 1.29. The highest BCUT2D eigenvalue weighted by Crippen LogP contribution is 2.23. The van der Waals surface area contributed by atoms with Crippen LogP contribution in [0.3, 0.4) is 0 Å². The Hall–Kier alpha value is -0.250. The van der Waals surface area contributed by atoms with Gasteiger partial charge < -0.3 is 5.32 Å². The van der Waals surface area contributed by atoms with Gasteiger partial charge in [0, 0.05) is 12.5 Å². The van der Waals surface area contributed by atoms with Crippen LogP contribution in [0.15, 0.2) is 0 Å². The third-order valence-electron chi connectivity index (χ3n) is 1.94. The summed E-state index contributed by atoms with van der Waals surface area (Å²) in [5, 5.41) is 2.91. The summed E-state index contributed by atoms with van der Waals surface area (Å²) in [5.74, 6) is 0.436. The molecule has 13 heavy (non-hydrogen) atoms. The van der Waals surface area contributed by atoms with Crippen LogP contribution in [0.2, 0.25) is 0 Å². The molecule has 80 valence electrons. The van der Waals surface area contributed by atoms with Crippen molar-refractivity contribution in [2.75, 3.05) is 7.05 Å². The number of hydrogen-bond acceptors (Lipinski definition) is 1. The molecule has 0 amide bonds. The average molecular weight is 197 g/mol. The highest BCUT2D eigenvalue weighted by Gasteiger charge is 2.27. The molecule has 1 atom stereocenters. The highest BCUT2D eigenvalue weighted by molar-refractivity contribution is 4.68. The first-order valence-corrected chi connectivity index (χ1v) is 4.59. The van der Waals surface area contributed by atoms with Gasteiger partial charge >= 0.3 is 6.18 Å². The van der Waals surface area contributed by atoms with Crippen molar-refractivity contribution in [3.05, 3.63) is 0 Å². The van der Waals surface area contributed by atoms with Crippen LogP contribution in [-0.2, 0) is 0 Å². The van der Waals surface area contributed by atoms with Gasteiger partial charge in [-0.1, -0.05) is 13.8 Å². The molecule has 0 aromatic heterocycles. The smallest absolute Gasteiger partial charge is 0.317 e. The van der Waals surface area contributed by atoms with E-state index in [9.17, 15) is 13.2 Å². The normalized spacial score (nSPS) is 15.0. The van der Waals surface area contributed by atoms with Gasteiger partial charge in [-0.25, -0.2) is 0 Å². The van der Waals surface area contributed by atoms with Crippen LogP contribution >= 0.6 is 0 Å². The van der Waals surface area contributed by atoms with Gasteiger partial charge in [0.1, 0.15) is 0 Å². The van der Waals surface area contributed by atoms with Crippen molar-refractivity contribution in [1.82, 2.24) is 5.32 Å². The lowest BCUT2D eigenvalue weighted by Crippen LogP contribution is -2.28. The summed E-state index contributed by atoms with van der Waals surface area (Å²) < 4.78 is 35.6. The van der Waals surface area contributed by atoms with Gasteiger partial charge in [0.05, 0.1) is 0 Å². The molecule has 0 bridgehead atoms. The molecule has 0 aliphatic rings. The van der Waals surface area contributed by atoms with Crippen LogP contribution < -0.4 is 5.32 Å². The minimum absolute atomic E-state index is 0.0124. The van der Waals surface area contributed by atoms with Crippen molar-refractivity contribution in [2.24, 2.45) is 5.92 Å². The highest BCUT2D eigenvalue weighted by atomic mass is 19.4. The maximum absolute atomic E-state index is 11.9. The van der Waals surface area contributed by atoms with Gasteiger partial charge in [0.15, 0.2) is 0 Å². The zero-order valence-electron chi connectivity index (χ0n) is 8.41. The Morgan fingerprint density at radius 3 is 2.08 bits per heavy atom. The first-order valence-electron chi connectivity index (χ1n) is 4.59. The topological polar surface area (TPSA) is 12.0 Å². The second kappa shape index (κ2) is 5.47. The van der Waals surface area contributed by atoms with Gasteiger partial charge in [0.25, 0.3) is 0 Å². The predicted molar refractivity (Wildman–Crippen MR) is 47.6 cm³/mol. The Morgan fingerprint density at radius 1 is 1.23 bits per heavy atom. The van der Waals surface area contributed by atoms with E-state index >= 15 is 0 Å². The molecule has 0 spiro atoms. The van der Waals surface area contributed by atoms with E-state index in [1.54, 1.807) is 7.05 Å². The number of alkyl halides is 3. The summed E-state index contributed by atoms with van der Waals surface area (Å²) in [7, 11) is 1.71. The summed E-state index contributed by atoms with van der Waals surface area (Å²) in [6, 6.07) is -0.0124. The molecule has 4 heteroatoms. The summed E-state index contributed by atoms with van der Waals surface area (Å²) in [5.41, 5.74) is 0. The Morgan fingerprint density at radius 2 is 1.77 bits per heavy atom. The van der Waals surface area contributed by atoms with E-state index in [2.05, 4.69) is 5.32 Å². The third kappa shape index (κ3) is 8.09. The second-order valence-electron chi connectivity index (χ2n) is 3.77. The monoisotopic (exact) mass is 197 g/mol. The molecule has 0 rings (SSSR count). The standard InChI is InChI=1S/C9H18F3N/c1-7(2)6-8(13-3)4-5-9(10,11)12/h7-8,13H,4-6H2,1-3H3. The Kier molecular flexibility index (Phi) is 5.37. The molecular formula is C9H18F3N. The number of halogens is 3. The molecule has 0 fully saturated rings. The van der Waals surface area contributed by atoms with E-state index in [1.807, 2.05) is 13.8 Å². The Labute approximate surface area is 77.7 Å². The largest absolute Gasteiger partial charge is 0.389 e. The molecular weight excluding hydrogens is 179 g/mol. The molecule has 1 N–H and O–H groups in total. The van der Waals surface area contributed by atoms with Crippen LogP contribution in [0.4, 0.5) is 13.2 Å². The van der Waals surface area contributed by atoms with Gasteiger partial charge in [-0.05, 0) is 25.8 Å². The summed E-state index contributed by atoms with van der Waals surface area (Å²) in [6.07, 6.45) is -3.73. The lowest BCUT2D eigenvalue weighted by atomic mass is 10.00. The zero-order valence-corrected chi connectivity index (χ0v) is 8.41. The lowest BCUT2D eigenvalue weighted by molar-refractivity contribution is -0.136. The van der Waals surface area contributed by atoms with E-state index in [0.29, 0.717) is 5.92 Å². The van der Waals surface area contributed by atoms with Crippen LogP contribution in [0.5, 0.6) is 0 Å². The van der Waals surface area contributed by atoms with Crippen LogP contribution in [0, 0.1) is 5.92 Å². The van der Waals surface area contributed by atoms with Crippen LogP contribution in [0.1, 0.15) is 33.1 Å². The minimum atomic E-state index is -4.02. The molecule has 1 nitrogen and oxygen atoms in total. The van der Waals surface area contributed by atoms with Crippen molar-refractivity contribution in [3.8, 4) is 0 Å². The van der Waals surface area contributed by atoms with Crippen molar-refractivity contribution in [2.45, 2.75) is 45.3 Å². The maximum Gasteiger partial charge on any atom is 0.389 e. The summed E-state index contributed by atoms with van der Waals surface area (Å²) in [4.78, 5) is 0. The lowest BCUT2D eigenvalue weighted by Gasteiger charge is -2.18. The third-order valence-corrected chi connectivity index (χ3v) is 1.94. The minimum Gasteiger partial charge on any atom is -0.317 e. The molecule has 0 aliphatic carbocycles. The van der Waals surface area contributed by atoms with E-state index in [1.165, 1.54) is 0 Å². The fraction of sp³-hybridized carbons (Fsp3) is 1.00. The van der Waals surface area contributed by atoms with Gasteiger partial charge in [-0.15, -0.1) is 0 Å². The Balaban J connectivity index is 3.72. The first-order chi connectivity index (χ1) is 5.85. The molecule has 0 saturated heterocycles. The van der Waals surface area contributed by atoms with Crippen LogP contribution in [0.25, 0.3) is 0 Å². The number of nitrogens with one attached hydrogen (secondary N) is 1. The maximum atomic E-state index is 11.9. The van der Waals surface area contributed by atoms with Crippen molar-refractivity contribution >= 4 is 0 Å². The first kappa shape index (κ1) is 12.8. The molecule has 0 heterocycles. The molecule has 0 aliphatic heterocycles. The van der Waals surface area contributed by atoms with E-state index < -0.39 is 12.6 Å².